The van der Waals surface area contributed by atoms with Gasteiger partial charge in [-0.3, -0.25) is 4.79 Å². The molecular formula is C15H26O2. The summed E-state index contributed by atoms with van der Waals surface area (Å²) >= 11 is 0. The first-order valence-electron chi connectivity index (χ1n) is 5.16. The van der Waals surface area contributed by atoms with E-state index in [4.69, 9.17) is 4.74 Å². The molecule has 98 valence electrons. The van der Waals surface area contributed by atoms with Crippen LogP contribution in [-0.2, 0) is 4.79 Å². The Kier molecular flexibility index (Phi) is 17.7. The van der Waals surface area contributed by atoms with Crippen molar-refractivity contribution in [2.45, 2.75) is 35.1 Å². The zero-order chi connectivity index (χ0) is 11.5. The minimum Gasteiger partial charge on any atom is -0.493 e. The minimum atomic E-state index is 0. The van der Waals surface area contributed by atoms with Crippen LogP contribution in [-0.4, -0.2) is 12.4 Å². The van der Waals surface area contributed by atoms with Crippen LogP contribution in [0.3, 0.4) is 0 Å². The summed E-state index contributed by atoms with van der Waals surface area (Å²) in [5.41, 5.74) is 0. The number of rotatable bonds is 5. The number of carbonyl (C=O) groups excluding carboxylic acids is 1. The van der Waals surface area contributed by atoms with Crippen LogP contribution < -0.4 is 4.74 Å². The fourth-order valence-corrected chi connectivity index (χ4v) is 0.888. The van der Waals surface area contributed by atoms with Crippen molar-refractivity contribution in [1.82, 2.24) is 0 Å². The summed E-state index contributed by atoms with van der Waals surface area (Å²) in [6.07, 6.45) is 1.70. The highest BCUT2D eigenvalue weighted by molar-refractivity contribution is 5.89. The lowest BCUT2D eigenvalue weighted by Crippen LogP contribution is -2.03. The smallest absolute Gasteiger partial charge is 0.158 e. The van der Waals surface area contributed by atoms with Crippen molar-refractivity contribution in [3.8, 4) is 5.75 Å². The van der Waals surface area contributed by atoms with E-state index in [2.05, 4.69) is 6.58 Å². The minimum absolute atomic E-state index is 0. The third kappa shape index (κ3) is 10.7. The normalized spacial score (nSPS) is 7.41. The molecule has 0 amide bonds. The average Bonchev–Trinajstić information content (AvgIpc) is 2.33. The van der Waals surface area contributed by atoms with Gasteiger partial charge in [0.05, 0.1) is 6.61 Å². The maximum Gasteiger partial charge on any atom is 0.158 e. The molecule has 0 atom stereocenters. The number of ketones is 1. The Balaban J connectivity index is -0.000000464. The van der Waals surface area contributed by atoms with Crippen LogP contribution in [0.4, 0.5) is 0 Å². The molecule has 0 saturated heterocycles. The van der Waals surface area contributed by atoms with Crippen LogP contribution in [0.2, 0.25) is 0 Å². The standard InChI is InChI=1S/C11H12O2.C2H6.2CH4/c1-2-10(12)8-9-13-11-6-4-3-5-7-11;1-2;;/h2-7H,1,8-9H2;1-2H3;2*1H4. The highest BCUT2D eigenvalue weighted by atomic mass is 16.5. The fraction of sp³-hybridized carbons (Fsp3) is 0.400. The van der Waals surface area contributed by atoms with Crippen molar-refractivity contribution in [3.05, 3.63) is 43.0 Å². The van der Waals surface area contributed by atoms with Gasteiger partial charge in [-0.25, -0.2) is 0 Å². The molecule has 1 aromatic rings. The molecule has 0 aliphatic heterocycles. The summed E-state index contributed by atoms with van der Waals surface area (Å²) in [5, 5.41) is 0. The van der Waals surface area contributed by atoms with Gasteiger partial charge in [0.1, 0.15) is 5.75 Å². The van der Waals surface area contributed by atoms with Gasteiger partial charge in [-0.15, -0.1) is 0 Å². The number of benzene rings is 1. The molecule has 2 heteroatoms. The number of para-hydroxylation sites is 1. The van der Waals surface area contributed by atoms with E-state index in [0.29, 0.717) is 13.0 Å². The maximum absolute atomic E-state index is 10.8. The Morgan fingerprint density at radius 2 is 1.76 bits per heavy atom. The van der Waals surface area contributed by atoms with Crippen molar-refractivity contribution in [2.24, 2.45) is 0 Å². The molecule has 0 fully saturated rings. The van der Waals surface area contributed by atoms with Gasteiger partial charge in [-0.2, -0.15) is 0 Å². The lowest BCUT2D eigenvalue weighted by atomic mass is 10.3. The molecule has 0 bridgehead atoms. The van der Waals surface area contributed by atoms with Crippen LogP contribution in [0.1, 0.15) is 35.1 Å². The van der Waals surface area contributed by atoms with Crippen LogP contribution in [0, 0.1) is 0 Å². The van der Waals surface area contributed by atoms with Gasteiger partial charge >= 0.3 is 0 Å². The molecule has 0 heterocycles. The summed E-state index contributed by atoms with van der Waals surface area (Å²) in [4.78, 5) is 10.8. The molecule has 0 radical (unpaired) electrons. The van der Waals surface area contributed by atoms with E-state index >= 15 is 0 Å². The van der Waals surface area contributed by atoms with Crippen LogP contribution in [0.5, 0.6) is 5.75 Å². The van der Waals surface area contributed by atoms with Crippen molar-refractivity contribution >= 4 is 5.78 Å². The molecule has 1 aromatic carbocycles. The average molecular weight is 238 g/mol. The summed E-state index contributed by atoms with van der Waals surface area (Å²) < 4.78 is 5.31. The second-order valence-electron chi connectivity index (χ2n) is 2.58. The van der Waals surface area contributed by atoms with Gasteiger partial charge in [-0.1, -0.05) is 53.5 Å². The molecule has 0 N–H and O–H groups in total. The highest BCUT2D eigenvalue weighted by Gasteiger charge is 1.96. The Morgan fingerprint density at radius 3 is 2.24 bits per heavy atom. The first kappa shape index (κ1) is 20.8. The molecule has 0 aromatic heterocycles. The zero-order valence-electron chi connectivity index (χ0n) is 9.40. The van der Waals surface area contributed by atoms with Crippen molar-refractivity contribution in [2.75, 3.05) is 6.61 Å². The number of hydrogen-bond acceptors (Lipinski definition) is 2. The van der Waals surface area contributed by atoms with Crippen molar-refractivity contribution in [3.63, 3.8) is 0 Å². The van der Waals surface area contributed by atoms with Crippen molar-refractivity contribution < 1.29 is 9.53 Å². The first-order chi connectivity index (χ1) is 7.33. The van der Waals surface area contributed by atoms with E-state index in [1.165, 1.54) is 6.08 Å². The lowest BCUT2D eigenvalue weighted by molar-refractivity contribution is -0.115. The Hall–Kier alpha value is -1.57. The molecule has 17 heavy (non-hydrogen) atoms. The molecule has 0 spiro atoms. The van der Waals surface area contributed by atoms with E-state index in [-0.39, 0.29) is 20.6 Å². The summed E-state index contributed by atoms with van der Waals surface area (Å²) in [7, 11) is 0. The Bertz CT molecular complexity index is 278. The Morgan fingerprint density at radius 1 is 1.24 bits per heavy atom. The van der Waals surface area contributed by atoms with Gasteiger partial charge in [0.25, 0.3) is 0 Å². The molecule has 0 aliphatic rings. The van der Waals surface area contributed by atoms with E-state index in [0.717, 1.165) is 5.75 Å². The second-order valence-corrected chi connectivity index (χ2v) is 2.58. The largest absolute Gasteiger partial charge is 0.493 e. The van der Waals surface area contributed by atoms with Crippen LogP contribution in [0.15, 0.2) is 43.0 Å². The van der Waals surface area contributed by atoms with E-state index in [1.807, 2.05) is 44.2 Å². The molecule has 1 rings (SSSR count). The zero-order valence-corrected chi connectivity index (χ0v) is 9.40. The van der Waals surface area contributed by atoms with Gasteiger partial charge < -0.3 is 4.74 Å². The topological polar surface area (TPSA) is 26.3 Å². The predicted molar refractivity (Wildman–Crippen MR) is 76.6 cm³/mol. The summed E-state index contributed by atoms with van der Waals surface area (Å²) in [5.74, 6) is 0.801. The molecule has 0 aliphatic carbocycles. The van der Waals surface area contributed by atoms with Gasteiger partial charge in [0, 0.05) is 6.42 Å². The molecule has 0 saturated carbocycles. The molecule has 0 unspecified atom stereocenters. The second kappa shape index (κ2) is 14.4. The van der Waals surface area contributed by atoms with Gasteiger partial charge in [-0.05, 0) is 18.2 Å². The number of ether oxygens (including phenoxy) is 1. The van der Waals surface area contributed by atoms with Crippen LogP contribution in [0.25, 0.3) is 0 Å². The SMILES string of the molecule is C.C.C=CC(=O)CCOc1ccccc1.CC. The van der Waals surface area contributed by atoms with E-state index < -0.39 is 0 Å². The number of hydrogen-bond donors (Lipinski definition) is 0. The number of carbonyl (C=O) groups is 1. The van der Waals surface area contributed by atoms with Gasteiger partial charge in [0.15, 0.2) is 5.78 Å². The van der Waals surface area contributed by atoms with E-state index in [9.17, 15) is 4.79 Å². The molecular weight excluding hydrogens is 212 g/mol. The predicted octanol–water partition coefficient (Wildman–Crippen LogP) is 4.51. The monoisotopic (exact) mass is 238 g/mol. The van der Waals surface area contributed by atoms with Crippen molar-refractivity contribution in [1.29, 1.82) is 0 Å². The third-order valence-corrected chi connectivity index (χ3v) is 1.59. The Labute approximate surface area is 106 Å². The van der Waals surface area contributed by atoms with Gasteiger partial charge in [0.2, 0.25) is 0 Å². The summed E-state index contributed by atoms with van der Waals surface area (Å²) in [6, 6.07) is 9.42. The first-order valence-corrected chi connectivity index (χ1v) is 5.16. The maximum atomic E-state index is 10.8. The lowest BCUT2D eigenvalue weighted by Gasteiger charge is -2.03. The number of allylic oxidation sites excluding steroid dienone is 1. The third-order valence-electron chi connectivity index (χ3n) is 1.59. The fourth-order valence-electron chi connectivity index (χ4n) is 0.888. The quantitative estimate of drug-likeness (QED) is 0.705. The highest BCUT2D eigenvalue weighted by Crippen LogP contribution is 2.08. The molecule has 2 nitrogen and oxygen atoms in total. The van der Waals surface area contributed by atoms with E-state index in [1.54, 1.807) is 0 Å². The summed E-state index contributed by atoms with van der Waals surface area (Å²) in [6.45, 7) is 7.79. The van der Waals surface area contributed by atoms with Crippen LogP contribution >= 0.6 is 0 Å².